The van der Waals surface area contributed by atoms with Gasteiger partial charge >= 0.3 is 0 Å². The average molecular weight is 273 g/mol. The van der Waals surface area contributed by atoms with Gasteiger partial charge in [-0.05, 0) is 6.42 Å². The largest absolute Gasteiger partial charge is 0.335 e. The van der Waals surface area contributed by atoms with E-state index in [1.807, 2.05) is 27.7 Å². The van der Waals surface area contributed by atoms with Crippen molar-refractivity contribution in [2.24, 2.45) is 32.8 Å². The standard InChI is InChI=1S/C11H27N7O/c1-5-6(12)8(17-15)7(13)9(18-16)19-10(14)11(2,3)4/h6-10,15-16H,5,12-14H2,1-4H3. The molecule has 0 saturated heterocycles. The van der Waals surface area contributed by atoms with Crippen molar-refractivity contribution in [2.75, 3.05) is 0 Å². The molecule has 0 rings (SSSR count). The SMILES string of the molecule is CCC(N)C(N=N)C(N)C(N=N)OC(N)C(C)(C)C. The zero-order valence-electron chi connectivity index (χ0n) is 12.1. The molecule has 0 saturated carbocycles. The van der Waals surface area contributed by atoms with Crippen molar-refractivity contribution >= 4 is 0 Å². The number of ether oxygens (including phenoxy) is 1. The monoisotopic (exact) mass is 273 g/mol. The lowest BCUT2D eigenvalue weighted by molar-refractivity contribution is -0.0756. The highest BCUT2D eigenvalue weighted by Gasteiger charge is 2.34. The van der Waals surface area contributed by atoms with Gasteiger partial charge in [0.25, 0.3) is 0 Å². The van der Waals surface area contributed by atoms with Gasteiger partial charge in [-0.1, -0.05) is 27.7 Å². The Kier molecular flexibility index (Phi) is 7.20. The molecule has 8 nitrogen and oxygen atoms in total. The van der Waals surface area contributed by atoms with Crippen LogP contribution in [0.4, 0.5) is 0 Å². The Hall–Kier alpha value is -0.960. The van der Waals surface area contributed by atoms with E-state index < -0.39 is 24.5 Å². The molecule has 19 heavy (non-hydrogen) atoms. The molecular weight excluding hydrogens is 246 g/mol. The van der Waals surface area contributed by atoms with Crippen LogP contribution in [0, 0.1) is 16.5 Å². The average Bonchev–Trinajstić information content (AvgIpc) is 2.34. The van der Waals surface area contributed by atoms with Crippen LogP contribution in [0.25, 0.3) is 0 Å². The number of rotatable bonds is 8. The molecule has 0 aromatic carbocycles. The molecule has 0 spiro atoms. The molecule has 0 heterocycles. The fraction of sp³-hybridized carbons (Fsp3) is 1.00. The highest BCUT2D eigenvalue weighted by atomic mass is 16.5. The highest BCUT2D eigenvalue weighted by molar-refractivity contribution is 4.90. The van der Waals surface area contributed by atoms with Crippen LogP contribution in [0.2, 0.25) is 0 Å². The fourth-order valence-corrected chi connectivity index (χ4v) is 1.44. The lowest BCUT2D eigenvalue weighted by Gasteiger charge is -2.33. The molecule has 112 valence electrons. The van der Waals surface area contributed by atoms with Gasteiger partial charge in [0.1, 0.15) is 12.3 Å². The zero-order valence-corrected chi connectivity index (χ0v) is 12.1. The summed E-state index contributed by atoms with van der Waals surface area (Å²) in [7, 11) is 0. The summed E-state index contributed by atoms with van der Waals surface area (Å²) in [5.74, 6) is 0. The Labute approximate surface area is 114 Å². The van der Waals surface area contributed by atoms with E-state index in [2.05, 4.69) is 10.2 Å². The summed E-state index contributed by atoms with van der Waals surface area (Å²) in [6, 6.07) is -1.78. The summed E-state index contributed by atoms with van der Waals surface area (Å²) >= 11 is 0. The minimum absolute atomic E-state index is 0.302. The van der Waals surface area contributed by atoms with Crippen molar-refractivity contribution in [1.29, 1.82) is 11.1 Å². The molecule has 0 bridgehead atoms. The normalized spacial score (nSPS) is 20.2. The van der Waals surface area contributed by atoms with Crippen molar-refractivity contribution in [3.8, 4) is 0 Å². The van der Waals surface area contributed by atoms with Gasteiger partial charge in [-0.2, -0.15) is 10.2 Å². The number of hydrogen-bond donors (Lipinski definition) is 5. The van der Waals surface area contributed by atoms with Gasteiger partial charge in [0.05, 0.1) is 6.04 Å². The number of nitrogens with two attached hydrogens (primary N) is 3. The van der Waals surface area contributed by atoms with E-state index in [0.717, 1.165) is 0 Å². The number of nitrogens with one attached hydrogen (secondary N) is 2. The van der Waals surface area contributed by atoms with Gasteiger partial charge in [0.15, 0.2) is 6.23 Å². The molecule has 0 aromatic rings. The molecule has 8 N–H and O–H groups in total. The Morgan fingerprint density at radius 1 is 1.11 bits per heavy atom. The van der Waals surface area contributed by atoms with Crippen molar-refractivity contribution in [3.05, 3.63) is 0 Å². The van der Waals surface area contributed by atoms with Crippen LogP contribution in [0.1, 0.15) is 34.1 Å². The van der Waals surface area contributed by atoms with Gasteiger partial charge in [-0.25, -0.2) is 11.1 Å². The maximum absolute atomic E-state index is 7.18. The maximum atomic E-state index is 7.18. The second-order valence-electron chi connectivity index (χ2n) is 5.71. The summed E-state index contributed by atoms with van der Waals surface area (Å²) in [6.07, 6.45) is -0.954. The number of nitrogens with zero attached hydrogens (tertiary/aromatic N) is 2. The van der Waals surface area contributed by atoms with Crippen molar-refractivity contribution < 1.29 is 4.74 Å². The second-order valence-corrected chi connectivity index (χ2v) is 5.71. The first-order chi connectivity index (χ1) is 8.68. The number of hydrogen-bond acceptors (Lipinski definition) is 8. The molecule has 5 unspecified atom stereocenters. The van der Waals surface area contributed by atoms with E-state index in [4.69, 9.17) is 33.0 Å². The molecule has 0 aliphatic carbocycles. The van der Waals surface area contributed by atoms with E-state index >= 15 is 0 Å². The van der Waals surface area contributed by atoms with Crippen LogP contribution >= 0.6 is 0 Å². The van der Waals surface area contributed by atoms with E-state index in [-0.39, 0.29) is 11.5 Å². The third-order valence-electron chi connectivity index (χ3n) is 3.05. The van der Waals surface area contributed by atoms with Crippen LogP contribution in [-0.4, -0.2) is 30.6 Å². The zero-order chi connectivity index (χ0) is 15.2. The molecular formula is C11H27N7O. The first-order valence-electron chi connectivity index (χ1n) is 6.34. The third kappa shape index (κ3) is 5.27. The summed E-state index contributed by atoms with van der Waals surface area (Å²) in [5.41, 5.74) is 31.7. The second kappa shape index (κ2) is 7.59. The Bertz CT molecular complexity index is 291. The van der Waals surface area contributed by atoms with Gasteiger partial charge in [0.2, 0.25) is 0 Å². The Morgan fingerprint density at radius 3 is 1.95 bits per heavy atom. The van der Waals surface area contributed by atoms with Crippen molar-refractivity contribution in [1.82, 2.24) is 0 Å². The fourth-order valence-electron chi connectivity index (χ4n) is 1.44. The lowest BCUT2D eigenvalue weighted by atomic mass is 9.94. The first kappa shape index (κ1) is 18.0. The first-order valence-corrected chi connectivity index (χ1v) is 6.34. The summed E-state index contributed by atoms with van der Waals surface area (Å²) in [6.45, 7) is 7.61. The molecule has 0 radical (unpaired) electrons. The molecule has 8 heteroatoms. The van der Waals surface area contributed by atoms with Gasteiger partial charge in [0, 0.05) is 11.5 Å². The predicted molar refractivity (Wildman–Crippen MR) is 72.6 cm³/mol. The predicted octanol–water partition coefficient (Wildman–Crippen LogP) is 1.16. The quantitative estimate of drug-likeness (QED) is 0.331. The van der Waals surface area contributed by atoms with Crippen molar-refractivity contribution in [3.63, 3.8) is 0 Å². The Morgan fingerprint density at radius 2 is 1.63 bits per heavy atom. The summed E-state index contributed by atoms with van der Waals surface area (Å²) in [5, 5.41) is 6.78. The molecule has 5 atom stereocenters. The smallest absolute Gasteiger partial charge is 0.187 e. The van der Waals surface area contributed by atoms with Crippen LogP contribution in [0.3, 0.4) is 0 Å². The molecule has 0 fully saturated rings. The van der Waals surface area contributed by atoms with E-state index in [1.54, 1.807) is 0 Å². The maximum Gasteiger partial charge on any atom is 0.187 e. The molecule has 0 aromatic heterocycles. The van der Waals surface area contributed by atoms with E-state index in [1.165, 1.54) is 0 Å². The highest BCUT2D eigenvalue weighted by Crippen LogP contribution is 2.21. The lowest BCUT2D eigenvalue weighted by Crippen LogP contribution is -2.54. The summed E-state index contributed by atoms with van der Waals surface area (Å²) in [4.78, 5) is 0. The molecule has 0 amide bonds. The Balaban J connectivity index is 4.84. The van der Waals surface area contributed by atoms with Crippen molar-refractivity contribution in [2.45, 2.75) is 64.7 Å². The van der Waals surface area contributed by atoms with Crippen LogP contribution < -0.4 is 17.2 Å². The minimum atomic E-state index is -0.953. The van der Waals surface area contributed by atoms with Gasteiger partial charge in [-0.3, -0.25) is 0 Å². The summed E-state index contributed by atoms with van der Waals surface area (Å²) < 4.78 is 5.50. The third-order valence-corrected chi connectivity index (χ3v) is 3.05. The topological polar surface area (TPSA) is 160 Å². The van der Waals surface area contributed by atoms with E-state index in [9.17, 15) is 0 Å². The molecule has 0 aliphatic rings. The van der Waals surface area contributed by atoms with Gasteiger partial charge < -0.3 is 21.9 Å². The van der Waals surface area contributed by atoms with Gasteiger partial charge in [-0.15, -0.1) is 0 Å². The van der Waals surface area contributed by atoms with Crippen LogP contribution in [0.5, 0.6) is 0 Å². The van der Waals surface area contributed by atoms with E-state index in [0.29, 0.717) is 6.42 Å². The van der Waals surface area contributed by atoms with Crippen LogP contribution in [0.15, 0.2) is 10.2 Å². The molecule has 0 aliphatic heterocycles. The minimum Gasteiger partial charge on any atom is -0.335 e. The van der Waals surface area contributed by atoms with Crippen LogP contribution in [-0.2, 0) is 4.74 Å².